The summed E-state index contributed by atoms with van der Waals surface area (Å²) in [6, 6.07) is 2.00. The van der Waals surface area contributed by atoms with E-state index in [-0.39, 0.29) is 11.9 Å². The molecule has 0 spiro atoms. The molecule has 102 valence electrons. The van der Waals surface area contributed by atoms with Crippen LogP contribution in [0.25, 0.3) is 5.65 Å². The number of fused-ring (bicyclic) bond motifs is 1. The zero-order valence-corrected chi connectivity index (χ0v) is 11.5. The Bertz CT molecular complexity index is 573. The molecule has 1 N–H and O–H groups in total. The average Bonchev–Trinajstić information content (AvgIpc) is 2.83. The van der Waals surface area contributed by atoms with Crippen LogP contribution in [0.5, 0.6) is 0 Å². The van der Waals surface area contributed by atoms with Gasteiger partial charge in [0, 0.05) is 18.6 Å². The number of aromatic nitrogens is 2. The van der Waals surface area contributed by atoms with Gasteiger partial charge in [0.05, 0.1) is 24.8 Å². The lowest BCUT2D eigenvalue weighted by molar-refractivity contribution is -0.00344. The number of aryl methyl sites for hydroxylation is 1. The summed E-state index contributed by atoms with van der Waals surface area (Å²) in [6.45, 7) is 7.16. The van der Waals surface area contributed by atoms with Crippen molar-refractivity contribution in [2.45, 2.75) is 26.8 Å². The smallest absolute Gasteiger partial charge is 0.255 e. The molecule has 0 atom stereocenters. The van der Waals surface area contributed by atoms with Crippen molar-refractivity contribution < 1.29 is 9.53 Å². The maximum atomic E-state index is 12.1. The predicted octanol–water partition coefficient (Wildman–Crippen LogP) is 1.80. The van der Waals surface area contributed by atoms with Gasteiger partial charge in [0.1, 0.15) is 5.65 Å². The van der Waals surface area contributed by atoms with Gasteiger partial charge in [-0.1, -0.05) is 13.8 Å². The van der Waals surface area contributed by atoms with Crippen LogP contribution in [0.15, 0.2) is 24.7 Å². The van der Waals surface area contributed by atoms with Crippen LogP contribution in [-0.4, -0.2) is 34.5 Å². The lowest BCUT2D eigenvalue weighted by Crippen LogP contribution is -2.48. The lowest BCUT2D eigenvalue weighted by atomic mass is 10.1. The van der Waals surface area contributed by atoms with Gasteiger partial charge in [-0.25, -0.2) is 4.98 Å². The van der Waals surface area contributed by atoms with Gasteiger partial charge in [-0.3, -0.25) is 4.79 Å². The molecule has 0 aromatic carbocycles. The van der Waals surface area contributed by atoms with Crippen LogP contribution in [0.4, 0.5) is 0 Å². The third-order valence-electron chi connectivity index (χ3n) is 2.84. The minimum atomic E-state index is -0.0850. The van der Waals surface area contributed by atoms with Crippen molar-refractivity contribution in [1.29, 1.82) is 0 Å². The summed E-state index contributed by atoms with van der Waals surface area (Å²) in [4.78, 5) is 16.3. The van der Waals surface area contributed by atoms with Crippen LogP contribution in [0.1, 0.15) is 29.8 Å². The second kappa shape index (κ2) is 5.84. The summed E-state index contributed by atoms with van der Waals surface area (Å²) >= 11 is 0. The molecule has 3 rings (SSSR count). The first-order valence-electron chi connectivity index (χ1n) is 6.56. The second-order valence-electron chi connectivity index (χ2n) is 4.30. The number of hydrogen-bond acceptors (Lipinski definition) is 3. The van der Waals surface area contributed by atoms with Crippen LogP contribution in [0.2, 0.25) is 0 Å². The molecule has 5 nitrogen and oxygen atoms in total. The van der Waals surface area contributed by atoms with E-state index in [1.54, 1.807) is 6.20 Å². The Morgan fingerprint density at radius 1 is 1.47 bits per heavy atom. The molecule has 2 aromatic heterocycles. The number of nitrogens with zero attached hydrogens (tertiary/aromatic N) is 2. The molecule has 0 radical (unpaired) electrons. The van der Waals surface area contributed by atoms with Gasteiger partial charge in [0.15, 0.2) is 0 Å². The van der Waals surface area contributed by atoms with E-state index in [1.165, 1.54) is 0 Å². The summed E-state index contributed by atoms with van der Waals surface area (Å²) < 4.78 is 6.89. The molecular weight excluding hydrogens is 242 g/mol. The molecule has 2 aromatic rings. The number of ether oxygens (including phenoxy) is 1. The maximum Gasteiger partial charge on any atom is 0.255 e. The Labute approximate surface area is 112 Å². The standard InChI is InChI=1S/C12H13N3O2.C2H6/c1-8-4-10(11-13-2-3-15(11)5-8)12(16)14-9-6-17-7-9;1-2/h2-5,9H,6-7H2,1H3,(H,14,16);1-2H3. The molecule has 0 aliphatic carbocycles. The lowest BCUT2D eigenvalue weighted by Gasteiger charge is -2.26. The van der Waals surface area contributed by atoms with Gasteiger partial charge in [0.2, 0.25) is 0 Å². The summed E-state index contributed by atoms with van der Waals surface area (Å²) in [6.07, 6.45) is 5.48. The van der Waals surface area contributed by atoms with Crippen molar-refractivity contribution in [3.05, 3.63) is 35.8 Å². The molecule has 0 saturated carbocycles. The molecule has 1 saturated heterocycles. The number of imidazole rings is 1. The molecule has 19 heavy (non-hydrogen) atoms. The second-order valence-corrected chi connectivity index (χ2v) is 4.30. The summed E-state index contributed by atoms with van der Waals surface area (Å²) in [7, 11) is 0. The number of rotatable bonds is 2. The topological polar surface area (TPSA) is 55.6 Å². The predicted molar refractivity (Wildman–Crippen MR) is 73.4 cm³/mol. The third kappa shape index (κ3) is 2.76. The first-order valence-corrected chi connectivity index (χ1v) is 6.56. The fourth-order valence-electron chi connectivity index (χ4n) is 1.92. The highest BCUT2D eigenvalue weighted by atomic mass is 16.5. The molecular formula is C14H19N3O2. The minimum Gasteiger partial charge on any atom is -0.377 e. The van der Waals surface area contributed by atoms with E-state index in [9.17, 15) is 4.79 Å². The Hall–Kier alpha value is -1.88. The largest absolute Gasteiger partial charge is 0.377 e. The van der Waals surface area contributed by atoms with Crippen molar-refractivity contribution in [3.8, 4) is 0 Å². The van der Waals surface area contributed by atoms with E-state index in [4.69, 9.17) is 4.74 Å². The number of hydrogen-bond donors (Lipinski definition) is 1. The third-order valence-corrected chi connectivity index (χ3v) is 2.84. The molecule has 1 fully saturated rings. The van der Waals surface area contributed by atoms with E-state index >= 15 is 0 Å². The number of amides is 1. The highest BCUT2D eigenvalue weighted by Gasteiger charge is 2.22. The van der Waals surface area contributed by atoms with Crippen molar-refractivity contribution in [1.82, 2.24) is 14.7 Å². The molecule has 1 aliphatic heterocycles. The molecule has 5 heteroatoms. The maximum absolute atomic E-state index is 12.1. The molecule has 3 heterocycles. The number of carbonyl (C=O) groups excluding carboxylic acids is 1. The molecule has 1 amide bonds. The summed E-state index contributed by atoms with van der Waals surface area (Å²) in [5.41, 5.74) is 2.33. The Morgan fingerprint density at radius 2 is 2.21 bits per heavy atom. The van der Waals surface area contributed by atoms with Crippen LogP contribution in [-0.2, 0) is 4.74 Å². The van der Waals surface area contributed by atoms with Crippen molar-refractivity contribution in [2.75, 3.05) is 13.2 Å². The highest BCUT2D eigenvalue weighted by molar-refractivity contribution is 6.00. The Balaban J connectivity index is 0.000000637. The fraction of sp³-hybridized carbons (Fsp3) is 0.429. The van der Waals surface area contributed by atoms with Crippen LogP contribution in [0, 0.1) is 6.92 Å². The fourth-order valence-corrected chi connectivity index (χ4v) is 1.92. The summed E-state index contributed by atoms with van der Waals surface area (Å²) in [5.74, 6) is -0.0850. The van der Waals surface area contributed by atoms with Gasteiger partial charge >= 0.3 is 0 Å². The number of carbonyl (C=O) groups is 1. The average molecular weight is 261 g/mol. The number of nitrogens with one attached hydrogen (secondary N) is 1. The summed E-state index contributed by atoms with van der Waals surface area (Å²) in [5, 5.41) is 2.92. The van der Waals surface area contributed by atoms with Gasteiger partial charge in [-0.2, -0.15) is 0 Å². The van der Waals surface area contributed by atoms with E-state index in [0.29, 0.717) is 24.4 Å². The zero-order chi connectivity index (χ0) is 13.8. The first-order chi connectivity index (χ1) is 9.24. The van der Waals surface area contributed by atoms with E-state index in [1.807, 2.05) is 43.6 Å². The Morgan fingerprint density at radius 3 is 2.84 bits per heavy atom. The van der Waals surface area contributed by atoms with Gasteiger partial charge < -0.3 is 14.5 Å². The monoisotopic (exact) mass is 261 g/mol. The van der Waals surface area contributed by atoms with E-state index in [0.717, 1.165) is 5.56 Å². The normalized spacial score (nSPS) is 14.5. The number of pyridine rings is 1. The van der Waals surface area contributed by atoms with Crippen LogP contribution < -0.4 is 5.32 Å². The van der Waals surface area contributed by atoms with Gasteiger partial charge in [-0.15, -0.1) is 0 Å². The SMILES string of the molecule is CC.Cc1cc(C(=O)NC2COC2)c2nccn2c1. The minimum absolute atomic E-state index is 0.0850. The highest BCUT2D eigenvalue weighted by Crippen LogP contribution is 2.12. The van der Waals surface area contributed by atoms with Crippen molar-refractivity contribution in [3.63, 3.8) is 0 Å². The quantitative estimate of drug-likeness (QED) is 0.896. The first kappa shape index (κ1) is 13.5. The van der Waals surface area contributed by atoms with Crippen LogP contribution in [0.3, 0.4) is 0 Å². The van der Waals surface area contributed by atoms with E-state index in [2.05, 4.69) is 10.3 Å². The molecule has 1 aliphatic rings. The zero-order valence-electron chi connectivity index (χ0n) is 11.5. The van der Waals surface area contributed by atoms with Crippen LogP contribution >= 0.6 is 0 Å². The van der Waals surface area contributed by atoms with Crippen molar-refractivity contribution >= 4 is 11.6 Å². The van der Waals surface area contributed by atoms with E-state index < -0.39 is 0 Å². The molecule has 0 bridgehead atoms. The van der Waals surface area contributed by atoms with Crippen molar-refractivity contribution in [2.24, 2.45) is 0 Å². The molecule has 0 unspecified atom stereocenters. The van der Waals surface area contributed by atoms with Gasteiger partial charge in [-0.05, 0) is 18.6 Å². The Kier molecular flexibility index (Phi) is 4.16. The van der Waals surface area contributed by atoms with Gasteiger partial charge in [0.25, 0.3) is 5.91 Å².